The Morgan fingerprint density at radius 1 is 1.33 bits per heavy atom. The Morgan fingerprint density at radius 3 is 2.67 bits per heavy atom. The maximum absolute atomic E-state index is 9.15. The predicted molar refractivity (Wildman–Crippen MR) is 45.4 cm³/mol. The fraction of sp³-hybridized carbons (Fsp3) is 0.333. The third-order valence-corrected chi connectivity index (χ3v) is 1.40. The molecule has 0 aliphatic rings. The SMILES string of the molecule is Cc1cc(O)cc(OCCO)c1. The zero-order valence-corrected chi connectivity index (χ0v) is 6.95. The molecule has 0 bridgehead atoms. The smallest absolute Gasteiger partial charge is 0.123 e. The van der Waals surface area contributed by atoms with Crippen LogP contribution in [0.4, 0.5) is 0 Å². The zero-order valence-electron chi connectivity index (χ0n) is 6.95. The van der Waals surface area contributed by atoms with E-state index >= 15 is 0 Å². The van der Waals surface area contributed by atoms with E-state index in [0.29, 0.717) is 5.75 Å². The van der Waals surface area contributed by atoms with Crippen LogP contribution in [0, 0.1) is 6.92 Å². The third kappa shape index (κ3) is 2.43. The van der Waals surface area contributed by atoms with Crippen molar-refractivity contribution >= 4 is 0 Å². The standard InChI is InChI=1S/C9H12O3/c1-7-4-8(11)6-9(5-7)12-3-2-10/h4-6,10-11H,2-3H2,1H3. The van der Waals surface area contributed by atoms with E-state index in [1.54, 1.807) is 12.1 Å². The van der Waals surface area contributed by atoms with Gasteiger partial charge < -0.3 is 14.9 Å². The highest BCUT2D eigenvalue weighted by Crippen LogP contribution is 2.20. The molecular formula is C9H12O3. The van der Waals surface area contributed by atoms with Crippen LogP contribution < -0.4 is 4.74 Å². The Hall–Kier alpha value is -1.22. The average molecular weight is 168 g/mol. The van der Waals surface area contributed by atoms with Crippen LogP contribution in [-0.4, -0.2) is 23.4 Å². The third-order valence-electron chi connectivity index (χ3n) is 1.40. The maximum Gasteiger partial charge on any atom is 0.123 e. The molecular weight excluding hydrogens is 156 g/mol. The van der Waals surface area contributed by atoms with Crippen LogP contribution in [0.2, 0.25) is 0 Å². The van der Waals surface area contributed by atoms with E-state index in [-0.39, 0.29) is 19.0 Å². The molecule has 2 N–H and O–H groups in total. The summed E-state index contributed by atoms with van der Waals surface area (Å²) in [7, 11) is 0. The monoisotopic (exact) mass is 168 g/mol. The molecule has 0 heterocycles. The average Bonchev–Trinajstić information content (AvgIpc) is 1.99. The lowest BCUT2D eigenvalue weighted by Crippen LogP contribution is -2.01. The minimum Gasteiger partial charge on any atom is -0.508 e. The van der Waals surface area contributed by atoms with E-state index in [4.69, 9.17) is 14.9 Å². The van der Waals surface area contributed by atoms with E-state index in [2.05, 4.69) is 0 Å². The lowest BCUT2D eigenvalue weighted by atomic mass is 10.2. The molecule has 1 rings (SSSR count). The molecule has 0 saturated heterocycles. The highest BCUT2D eigenvalue weighted by atomic mass is 16.5. The van der Waals surface area contributed by atoms with Crippen LogP contribution in [0.5, 0.6) is 11.5 Å². The largest absolute Gasteiger partial charge is 0.508 e. The van der Waals surface area contributed by atoms with Crippen molar-refractivity contribution in [2.45, 2.75) is 6.92 Å². The molecule has 0 spiro atoms. The molecule has 0 aromatic heterocycles. The van der Waals surface area contributed by atoms with Crippen molar-refractivity contribution in [3.05, 3.63) is 23.8 Å². The van der Waals surface area contributed by atoms with Gasteiger partial charge in [0.05, 0.1) is 6.61 Å². The van der Waals surface area contributed by atoms with Crippen LogP contribution in [0.3, 0.4) is 0 Å². The van der Waals surface area contributed by atoms with Crippen LogP contribution >= 0.6 is 0 Å². The van der Waals surface area contributed by atoms with Crippen LogP contribution in [-0.2, 0) is 0 Å². The molecule has 3 nitrogen and oxygen atoms in total. The Bertz CT molecular complexity index is 238. The second kappa shape index (κ2) is 3.97. The Balaban J connectivity index is 2.72. The zero-order chi connectivity index (χ0) is 8.97. The van der Waals surface area contributed by atoms with E-state index < -0.39 is 0 Å². The quantitative estimate of drug-likeness (QED) is 0.709. The first kappa shape index (κ1) is 8.87. The van der Waals surface area contributed by atoms with Crippen LogP contribution in [0.1, 0.15) is 5.56 Å². The summed E-state index contributed by atoms with van der Waals surface area (Å²) >= 11 is 0. The normalized spacial score (nSPS) is 9.83. The number of benzene rings is 1. The molecule has 0 fully saturated rings. The highest BCUT2D eigenvalue weighted by molar-refractivity contribution is 5.36. The molecule has 0 amide bonds. The number of phenols is 1. The first-order valence-electron chi connectivity index (χ1n) is 3.76. The summed E-state index contributed by atoms with van der Waals surface area (Å²) < 4.78 is 5.11. The lowest BCUT2D eigenvalue weighted by molar-refractivity contribution is 0.201. The van der Waals surface area contributed by atoms with Crippen molar-refractivity contribution in [3.63, 3.8) is 0 Å². The van der Waals surface area contributed by atoms with Gasteiger partial charge in [-0.25, -0.2) is 0 Å². The molecule has 66 valence electrons. The second-order valence-electron chi connectivity index (χ2n) is 2.58. The van der Waals surface area contributed by atoms with Gasteiger partial charge in [0.25, 0.3) is 0 Å². The fourth-order valence-corrected chi connectivity index (χ4v) is 0.975. The number of hydrogen-bond donors (Lipinski definition) is 2. The molecule has 0 aliphatic carbocycles. The lowest BCUT2D eigenvalue weighted by Gasteiger charge is -2.05. The van der Waals surface area contributed by atoms with Gasteiger partial charge in [-0.2, -0.15) is 0 Å². The summed E-state index contributed by atoms with van der Waals surface area (Å²) in [5, 5.41) is 17.6. The van der Waals surface area contributed by atoms with Gasteiger partial charge in [-0.05, 0) is 24.6 Å². The molecule has 0 radical (unpaired) electrons. The number of aliphatic hydroxyl groups excluding tert-OH is 1. The van der Waals surface area contributed by atoms with Crippen LogP contribution in [0.15, 0.2) is 18.2 Å². The van der Waals surface area contributed by atoms with Crippen molar-refractivity contribution in [3.8, 4) is 11.5 Å². The number of aromatic hydroxyl groups is 1. The van der Waals surface area contributed by atoms with Crippen LogP contribution in [0.25, 0.3) is 0 Å². The van der Waals surface area contributed by atoms with Crippen molar-refractivity contribution in [2.24, 2.45) is 0 Å². The van der Waals surface area contributed by atoms with Crippen molar-refractivity contribution in [1.29, 1.82) is 0 Å². The second-order valence-corrected chi connectivity index (χ2v) is 2.58. The number of phenolic OH excluding ortho intramolecular Hbond substituents is 1. The predicted octanol–water partition coefficient (Wildman–Crippen LogP) is 1.07. The summed E-state index contributed by atoms with van der Waals surface area (Å²) in [4.78, 5) is 0. The Morgan fingerprint density at radius 2 is 2.08 bits per heavy atom. The summed E-state index contributed by atoms with van der Waals surface area (Å²) in [6, 6.07) is 4.96. The number of aliphatic hydroxyl groups is 1. The van der Waals surface area contributed by atoms with Gasteiger partial charge in [0.2, 0.25) is 0 Å². The molecule has 1 aromatic carbocycles. The van der Waals surface area contributed by atoms with E-state index in [1.165, 1.54) is 6.07 Å². The first-order valence-corrected chi connectivity index (χ1v) is 3.76. The number of rotatable bonds is 3. The highest BCUT2D eigenvalue weighted by Gasteiger charge is 1.96. The van der Waals surface area contributed by atoms with Gasteiger partial charge in [-0.3, -0.25) is 0 Å². The Labute approximate surface area is 71.2 Å². The number of ether oxygens (including phenoxy) is 1. The van der Waals surface area contributed by atoms with Gasteiger partial charge in [0.15, 0.2) is 0 Å². The molecule has 0 unspecified atom stereocenters. The van der Waals surface area contributed by atoms with E-state index in [0.717, 1.165) is 5.56 Å². The molecule has 12 heavy (non-hydrogen) atoms. The molecule has 3 heteroatoms. The van der Waals surface area contributed by atoms with Gasteiger partial charge in [-0.15, -0.1) is 0 Å². The van der Waals surface area contributed by atoms with Gasteiger partial charge >= 0.3 is 0 Å². The molecule has 0 atom stereocenters. The van der Waals surface area contributed by atoms with Crippen molar-refractivity contribution in [1.82, 2.24) is 0 Å². The van der Waals surface area contributed by atoms with E-state index in [9.17, 15) is 0 Å². The van der Waals surface area contributed by atoms with Gasteiger partial charge in [0.1, 0.15) is 18.1 Å². The van der Waals surface area contributed by atoms with Gasteiger partial charge in [-0.1, -0.05) is 0 Å². The first-order chi connectivity index (χ1) is 5.72. The molecule has 0 aliphatic heterocycles. The number of aryl methyl sites for hydroxylation is 1. The van der Waals surface area contributed by atoms with Gasteiger partial charge in [0, 0.05) is 6.07 Å². The van der Waals surface area contributed by atoms with Crippen molar-refractivity contribution in [2.75, 3.05) is 13.2 Å². The summed E-state index contributed by atoms with van der Waals surface area (Å²) in [5.41, 5.74) is 0.933. The minimum atomic E-state index is -0.0191. The molecule has 0 saturated carbocycles. The summed E-state index contributed by atoms with van der Waals surface area (Å²) in [6.45, 7) is 2.10. The fourth-order valence-electron chi connectivity index (χ4n) is 0.975. The Kier molecular flexibility index (Phi) is 2.94. The topological polar surface area (TPSA) is 49.7 Å². The summed E-state index contributed by atoms with van der Waals surface area (Å²) in [5.74, 6) is 0.768. The summed E-state index contributed by atoms with van der Waals surface area (Å²) in [6.07, 6.45) is 0. The molecule has 1 aromatic rings. The number of hydrogen-bond acceptors (Lipinski definition) is 3. The van der Waals surface area contributed by atoms with E-state index in [1.807, 2.05) is 6.92 Å². The minimum absolute atomic E-state index is 0.0191. The van der Waals surface area contributed by atoms with Crippen molar-refractivity contribution < 1.29 is 14.9 Å². The maximum atomic E-state index is 9.15.